The van der Waals surface area contributed by atoms with Crippen LogP contribution in [0.15, 0.2) is 94.6 Å². The van der Waals surface area contributed by atoms with Gasteiger partial charge in [-0.05, 0) is 23.8 Å². The van der Waals surface area contributed by atoms with Gasteiger partial charge in [0.15, 0.2) is 0 Å². The number of thiazole rings is 1. The molecule has 28 heavy (non-hydrogen) atoms. The van der Waals surface area contributed by atoms with Gasteiger partial charge < -0.3 is 0 Å². The molecule has 0 saturated carbocycles. The van der Waals surface area contributed by atoms with Crippen LogP contribution < -0.4 is 4.80 Å². The van der Waals surface area contributed by atoms with Crippen molar-refractivity contribution in [2.24, 2.45) is 10.1 Å². The molecule has 138 valence electrons. The molecule has 0 aliphatic carbocycles. The third-order valence-electron chi connectivity index (χ3n) is 4.07. The van der Waals surface area contributed by atoms with E-state index in [9.17, 15) is 0 Å². The average molecular weight is 405 g/mol. The molecule has 0 N–H and O–H groups in total. The largest absolute Gasteiger partial charge is 0.264 e. The molecule has 0 bridgehead atoms. The molecule has 0 aliphatic heterocycles. The van der Waals surface area contributed by atoms with Crippen LogP contribution in [-0.2, 0) is 6.54 Å². The molecule has 0 saturated heterocycles. The maximum Gasteiger partial charge on any atom is 0.206 e. The van der Waals surface area contributed by atoms with Crippen LogP contribution in [0.1, 0.15) is 11.1 Å². The lowest BCUT2D eigenvalue weighted by Gasteiger charge is -2.04. The van der Waals surface area contributed by atoms with Gasteiger partial charge >= 0.3 is 0 Å². The summed E-state index contributed by atoms with van der Waals surface area (Å²) in [4.78, 5) is 9.74. The number of benzene rings is 2. The van der Waals surface area contributed by atoms with Crippen LogP contribution in [0.5, 0.6) is 0 Å². The molecule has 0 amide bonds. The van der Waals surface area contributed by atoms with E-state index < -0.39 is 0 Å². The van der Waals surface area contributed by atoms with E-state index in [0.29, 0.717) is 11.6 Å². The molecule has 4 nitrogen and oxygen atoms in total. The standard InChI is InChI=1S/C22H17ClN4S/c23-20-10-8-19(9-11-20)21-16-28-22(25-14-17-5-2-1-3-6-17)27(21)26-15-18-7-4-12-24-13-18/h1-13,15-16H,14H2. The number of hydrogen-bond donors (Lipinski definition) is 0. The predicted molar refractivity (Wildman–Crippen MR) is 116 cm³/mol. The van der Waals surface area contributed by atoms with Crippen LogP contribution in [0.3, 0.4) is 0 Å². The summed E-state index contributed by atoms with van der Waals surface area (Å²) >= 11 is 7.61. The van der Waals surface area contributed by atoms with Crippen LogP contribution in [0.4, 0.5) is 0 Å². The minimum atomic E-state index is 0.601. The topological polar surface area (TPSA) is 42.5 Å². The van der Waals surface area contributed by atoms with Crippen molar-refractivity contribution < 1.29 is 0 Å². The van der Waals surface area contributed by atoms with E-state index in [1.165, 1.54) is 0 Å². The summed E-state index contributed by atoms with van der Waals surface area (Å²) in [7, 11) is 0. The zero-order chi connectivity index (χ0) is 19.2. The van der Waals surface area contributed by atoms with E-state index >= 15 is 0 Å². The van der Waals surface area contributed by atoms with E-state index in [0.717, 1.165) is 27.2 Å². The Bertz CT molecular complexity index is 1130. The molecular weight excluding hydrogens is 388 g/mol. The van der Waals surface area contributed by atoms with Crippen molar-refractivity contribution in [3.63, 3.8) is 0 Å². The maximum absolute atomic E-state index is 6.04. The zero-order valence-electron chi connectivity index (χ0n) is 14.9. The van der Waals surface area contributed by atoms with Crippen LogP contribution in [0, 0.1) is 0 Å². The second kappa shape index (κ2) is 8.78. The SMILES string of the molecule is Clc1ccc(-c2csc(=NCc3ccccc3)n2N=Cc2cccnc2)cc1. The highest BCUT2D eigenvalue weighted by molar-refractivity contribution is 7.07. The summed E-state index contributed by atoms with van der Waals surface area (Å²) in [6.07, 6.45) is 5.31. The van der Waals surface area contributed by atoms with Crippen molar-refractivity contribution >= 4 is 29.2 Å². The van der Waals surface area contributed by atoms with Crippen LogP contribution >= 0.6 is 22.9 Å². The molecule has 0 radical (unpaired) electrons. The lowest BCUT2D eigenvalue weighted by atomic mass is 10.2. The summed E-state index contributed by atoms with van der Waals surface area (Å²) in [5, 5.41) is 7.45. The molecule has 0 fully saturated rings. The molecule has 0 aliphatic rings. The highest BCUT2D eigenvalue weighted by atomic mass is 35.5. The van der Waals surface area contributed by atoms with E-state index in [4.69, 9.17) is 16.6 Å². The van der Waals surface area contributed by atoms with Crippen LogP contribution in [0.2, 0.25) is 5.02 Å². The molecule has 4 aromatic rings. The average Bonchev–Trinajstić information content (AvgIpc) is 3.15. The van der Waals surface area contributed by atoms with E-state index in [1.807, 2.05) is 59.3 Å². The Kier molecular flexibility index (Phi) is 5.75. The summed E-state index contributed by atoms with van der Waals surface area (Å²) in [5.41, 5.74) is 4.09. The first kappa shape index (κ1) is 18.3. The number of rotatable bonds is 5. The summed E-state index contributed by atoms with van der Waals surface area (Å²) < 4.78 is 1.86. The smallest absolute Gasteiger partial charge is 0.206 e. The quantitative estimate of drug-likeness (QED) is 0.419. The van der Waals surface area contributed by atoms with Crippen molar-refractivity contribution in [3.05, 3.63) is 105 Å². The zero-order valence-corrected chi connectivity index (χ0v) is 16.5. The van der Waals surface area contributed by atoms with E-state index in [1.54, 1.807) is 29.9 Å². The van der Waals surface area contributed by atoms with Crippen LogP contribution in [-0.4, -0.2) is 15.9 Å². The second-order valence-corrected chi connectivity index (χ2v) is 7.33. The molecule has 2 heterocycles. The lowest BCUT2D eigenvalue weighted by molar-refractivity contribution is 0.824. The normalized spacial score (nSPS) is 12.0. The highest BCUT2D eigenvalue weighted by Gasteiger charge is 2.07. The van der Waals surface area contributed by atoms with Gasteiger partial charge in [0.25, 0.3) is 0 Å². The Balaban J connectivity index is 1.75. The fourth-order valence-corrected chi connectivity index (χ4v) is 3.62. The maximum atomic E-state index is 6.04. The van der Waals surface area contributed by atoms with Crippen molar-refractivity contribution in [1.82, 2.24) is 9.66 Å². The highest BCUT2D eigenvalue weighted by Crippen LogP contribution is 2.22. The molecule has 2 aromatic carbocycles. The predicted octanol–water partition coefficient (Wildman–Crippen LogP) is 5.25. The first-order valence-corrected chi connectivity index (χ1v) is 10.0. The van der Waals surface area contributed by atoms with E-state index in [2.05, 4.69) is 27.6 Å². The minimum absolute atomic E-state index is 0.601. The van der Waals surface area contributed by atoms with Gasteiger partial charge in [0, 0.05) is 33.9 Å². The Morgan fingerprint density at radius 2 is 1.82 bits per heavy atom. The number of aromatic nitrogens is 2. The monoisotopic (exact) mass is 404 g/mol. The van der Waals surface area contributed by atoms with Crippen molar-refractivity contribution in [2.45, 2.75) is 6.54 Å². The second-order valence-electron chi connectivity index (χ2n) is 6.05. The van der Waals surface area contributed by atoms with E-state index in [-0.39, 0.29) is 0 Å². The minimum Gasteiger partial charge on any atom is -0.264 e. The Hall–Kier alpha value is -3.02. The van der Waals surface area contributed by atoms with Gasteiger partial charge in [0.05, 0.1) is 18.5 Å². The first-order chi connectivity index (χ1) is 13.8. The third-order valence-corrected chi connectivity index (χ3v) is 5.18. The molecule has 0 spiro atoms. The summed E-state index contributed by atoms with van der Waals surface area (Å²) in [5.74, 6) is 0. The number of nitrogens with zero attached hydrogens (tertiary/aromatic N) is 4. The Morgan fingerprint density at radius 1 is 1.00 bits per heavy atom. The van der Waals surface area contributed by atoms with Gasteiger partial charge in [-0.1, -0.05) is 60.1 Å². The number of pyridine rings is 1. The van der Waals surface area contributed by atoms with Gasteiger partial charge in [0.2, 0.25) is 4.80 Å². The van der Waals surface area contributed by atoms with Gasteiger partial charge in [-0.2, -0.15) is 5.10 Å². The summed E-state index contributed by atoms with van der Waals surface area (Å²) in [6, 6.07) is 21.8. The first-order valence-electron chi connectivity index (χ1n) is 8.75. The molecule has 0 atom stereocenters. The van der Waals surface area contributed by atoms with Gasteiger partial charge in [-0.15, -0.1) is 11.3 Å². The fraction of sp³-hybridized carbons (Fsp3) is 0.0455. The van der Waals surface area contributed by atoms with Crippen molar-refractivity contribution in [2.75, 3.05) is 0 Å². The van der Waals surface area contributed by atoms with Gasteiger partial charge in [-0.25, -0.2) is 4.68 Å². The van der Waals surface area contributed by atoms with Crippen molar-refractivity contribution in [1.29, 1.82) is 0 Å². The Labute approximate surface area is 172 Å². The number of halogens is 1. The lowest BCUT2D eigenvalue weighted by Crippen LogP contribution is -2.12. The number of hydrogen-bond acceptors (Lipinski definition) is 4. The Morgan fingerprint density at radius 3 is 2.57 bits per heavy atom. The molecule has 6 heteroatoms. The third kappa shape index (κ3) is 4.44. The van der Waals surface area contributed by atoms with Gasteiger partial charge in [0.1, 0.15) is 0 Å². The molecule has 4 rings (SSSR count). The summed E-state index contributed by atoms with van der Waals surface area (Å²) in [6.45, 7) is 0.601. The van der Waals surface area contributed by atoms with Crippen LogP contribution in [0.25, 0.3) is 11.3 Å². The molecule has 2 aromatic heterocycles. The molecular formula is C22H17ClN4S. The molecule has 0 unspecified atom stereocenters. The van der Waals surface area contributed by atoms with Crippen molar-refractivity contribution in [3.8, 4) is 11.3 Å². The van der Waals surface area contributed by atoms with Gasteiger partial charge in [-0.3, -0.25) is 9.98 Å². The fourth-order valence-electron chi connectivity index (χ4n) is 2.66.